The number of piperidine rings is 1. The molecular weight excluding hydrogens is 581 g/mol. The fourth-order valence-electron chi connectivity index (χ4n) is 5.07. The number of aliphatic carboxylic acids is 1. The molecule has 1 fully saturated rings. The van der Waals surface area contributed by atoms with Crippen molar-refractivity contribution in [3.8, 4) is 16.3 Å². The van der Waals surface area contributed by atoms with Crippen molar-refractivity contribution < 1.29 is 27.8 Å². The number of hydrogen-bond donors (Lipinski definition) is 1. The molecule has 0 amide bonds. The minimum Gasteiger partial charge on any atom is -0.482 e. The van der Waals surface area contributed by atoms with Crippen LogP contribution in [0.5, 0.6) is 5.75 Å². The number of alkyl halides is 3. The molecule has 1 aliphatic rings. The number of thioether (sulfide) groups is 1. The van der Waals surface area contributed by atoms with Gasteiger partial charge in [-0.25, -0.2) is 9.78 Å². The number of carbonyl (C=O) groups is 1. The number of likely N-dealkylation sites (tertiary alicyclic amines) is 1. The fourth-order valence-corrected chi connectivity index (χ4v) is 7.24. The van der Waals surface area contributed by atoms with E-state index in [1.54, 1.807) is 17.8 Å². The van der Waals surface area contributed by atoms with Crippen LogP contribution in [0.1, 0.15) is 46.0 Å². The van der Waals surface area contributed by atoms with Crippen molar-refractivity contribution in [1.82, 2.24) is 9.88 Å². The SMILES string of the molecule is Cc1cc(SCc2sc(-c3ccc(C(F)(F)F)cc3)nc2CN2CCC(c3ccccc3)CC2)ccc1OCC(=O)O. The fraction of sp³-hybridized carbons (Fsp3) is 0.312. The summed E-state index contributed by atoms with van der Waals surface area (Å²) in [5, 5.41) is 9.60. The average molecular weight is 613 g/mol. The van der Waals surface area contributed by atoms with E-state index < -0.39 is 24.3 Å². The van der Waals surface area contributed by atoms with Gasteiger partial charge in [0.05, 0.1) is 11.3 Å². The van der Waals surface area contributed by atoms with Gasteiger partial charge in [0.1, 0.15) is 10.8 Å². The number of aromatic nitrogens is 1. The summed E-state index contributed by atoms with van der Waals surface area (Å²) in [4.78, 5) is 20.3. The first kappa shape index (κ1) is 30.1. The lowest BCUT2D eigenvalue weighted by Crippen LogP contribution is -2.32. The molecule has 0 bridgehead atoms. The maximum Gasteiger partial charge on any atom is 0.416 e. The van der Waals surface area contributed by atoms with Crippen LogP contribution < -0.4 is 4.74 Å². The minimum absolute atomic E-state index is 0.396. The number of hydrogen-bond acceptors (Lipinski definition) is 6. The summed E-state index contributed by atoms with van der Waals surface area (Å²) < 4.78 is 44.7. The molecule has 5 nitrogen and oxygen atoms in total. The average Bonchev–Trinajstić information content (AvgIpc) is 3.38. The van der Waals surface area contributed by atoms with Crippen LogP contribution in [-0.4, -0.2) is 40.7 Å². The highest BCUT2D eigenvalue weighted by Gasteiger charge is 2.30. The molecule has 4 aromatic rings. The Kier molecular flexibility index (Phi) is 9.55. The maximum atomic E-state index is 13.1. The molecule has 220 valence electrons. The lowest BCUT2D eigenvalue weighted by Gasteiger charge is -2.32. The van der Waals surface area contributed by atoms with E-state index in [1.807, 2.05) is 25.1 Å². The predicted octanol–water partition coefficient (Wildman–Crippen LogP) is 8.27. The molecule has 0 aliphatic carbocycles. The molecule has 3 aromatic carbocycles. The second-order valence-electron chi connectivity index (χ2n) is 10.3. The summed E-state index contributed by atoms with van der Waals surface area (Å²) in [5.74, 6) is 0.701. The van der Waals surface area contributed by atoms with Gasteiger partial charge in [0, 0.05) is 27.6 Å². The number of nitrogens with zero attached hydrogens (tertiary/aromatic N) is 2. The Labute approximate surface area is 251 Å². The van der Waals surface area contributed by atoms with Crippen LogP contribution in [0.25, 0.3) is 10.6 Å². The molecule has 1 saturated heterocycles. The largest absolute Gasteiger partial charge is 0.482 e. The van der Waals surface area contributed by atoms with Gasteiger partial charge in [-0.1, -0.05) is 42.5 Å². The molecule has 5 rings (SSSR count). The van der Waals surface area contributed by atoms with Crippen molar-refractivity contribution in [2.45, 2.75) is 49.1 Å². The van der Waals surface area contributed by atoms with Crippen molar-refractivity contribution in [1.29, 1.82) is 0 Å². The molecule has 1 aromatic heterocycles. The maximum absolute atomic E-state index is 13.1. The Morgan fingerprint density at radius 2 is 1.79 bits per heavy atom. The van der Waals surface area contributed by atoms with E-state index in [-0.39, 0.29) is 0 Å². The van der Waals surface area contributed by atoms with Crippen LogP contribution in [-0.2, 0) is 23.3 Å². The minimum atomic E-state index is -4.38. The quantitative estimate of drug-likeness (QED) is 0.182. The number of halogens is 3. The standard InChI is InChI=1S/C32H31F3N2O3S2/c1-21-17-26(11-12-28(21)40-19-30(38)39)41-20-29-27(18-37-15-13-23(14-16-37)22-5-3-2-4-6-22)36-31(42-29)24-7-9-25(10-8-24)32(33,34)35/h2-12,17,23H,13-16,18-20H2,1H3,(H,38,39). The molecule has 0 radical (unpaired) electrons. The molecule has 0 saturated carbocycles. The Morgan fingerprint density at radius 1 is 1.07 bits per heavy atom. The second kappa shape index (κ2) is 13.3. The number of carboxylic acid groups (broad SMARTS) is 1. The lowest BCUT2D eigenvalue weighted by atomic mass is 9.89. The van der Waals surface area contributed by atoms with Crippen molar-refractivity contribution in [2.75, 3.05) is 19.7 Å². The van der Waals surface area contributed by atoms with Crippen molar-refractivity contribution in [3.63, 3.8) is 0 Å². The van der Waals surface area contributed by atoms with Crippen LogP contribution in [0.4, 0.5) is 13.2 Å². The molecule has 1 aliphatic heterocycles. The first-order chi connectivity index (χ1) is 20.2. The highest BCUT2D eigenvalue weighted by molar-refractivity contribution is 7.98. The van der Waals surface area contributed by atoms with Crippen LogP contribution in [0.15, 0.2) is 77.7 Å². The number of thiazole rings is 1. The third kappa shape index (κ3) is 7.73. The summed E-state index contributed by atoms with van der Waals surface area (Å²) >= 11 is 3.16. The van der Waals surface area contributed by atoms with E-state index in [2.05, 4.69) is 29.2 Å². The summed E-state index contributed by atoms with van der Waals surface area (Å²) in [5.41, 5.74) is 3.17. The molecule has 0 spiro atoms. The van der Waals surface area contributed by atoms with Gasteiger partial charge in [0.25, 0.3) is 0 Å². The molecular formula is C32H31F3N2O3S2. The Morgan fingerprint density at radius 3 is 2.43 bits per heavy atom. The van der Waals surface area contributed by atoms with E-state index in [1.165, 1.54) is 29.0 Å². The Balaban J connectivity index is 1.32. The Hall–Kier alpha value is -3.34. The van der Waals surface area contributed by atoms with Crippen LogP contribution >= 0.6 is 23.1 Å². The number of benzene rings is 3. The molecule has 0 atom stereocenters. The van der Waals surface area contributed by atoms with Gasteiger partial charge in [-0.3, -0.25) is 4.90 Å². The number of aryl methyl sites for hydroxylation is 1. The van der Waals surface area contributed by atoms with E-state index in [9.17, 15) is 18.0 Å². The van der Waals surface area contributed by atoms with Gasteiger partial charge in [-0.15, -0.1) is 23.1 Å². The zero-order valence-electron chi connectivity index (χ0n) is 23.1. The predicted molar refractivity (Wildman–Crippen MR) is 160 cm³/mol. The highest BCUT2D eigenvalue weighted by Crippen LogP contribution is 2.37. The number of carboxylic acids is 1. The molecule has 42 heavy (non-hydrogen) atoms. The van der Waals surface area contributed by atoms with E-state index >= 15 is 0 Å². The molecule has 2 heterocycles. The second-order valence-corrected chi connectivity index (χ2v) is 12.5. The van der Waals surface area contributed by atoms with E-state index in [0.29, 0.717) is 34.5 Å². The van der Waals surface area contributed by atoms with Gasteiger partial charge in [-0.05, 0) is 80.2 Å². The van der Waals surface area contributed by atoms with Crippen molar-refractivity contribution in [3.05, 3.63) is 100 Å². The zero-order chi connectivity index (χ0) is 29.7. The van der Waals surface area contributed by atoms with Gasteiger partial charge in [0.15, 0.2) is 6.61 Å². The van der Waals surface area contributed by atoms with Crippen LogP contribution in [0.3, 0.4) is 0 Å². The molecule has 0 unspecified atom stereocenters. The zero-order valence-corrected chi connectivity index (χ0v) is 24.7. The van der Waals surface area contributed by atoms with Crippen molar-refractivity contribution in [2.24, 2.45) is 0 Å². The van der Waals surface area contributed by atoms with Crippen LogP contribution in [0.2, 0.25) is 0 Å². The normalized spacial score (nSPS) is 14.7. The summed E-state index contributed by atoms with van der Waals surface area (Å²) in [6, 6.07) is 21.4. The highest BCUT2D eigenvalue weighted by atomic mass is 32.2. The summed E-state index contributed by atoms with van der Waals surface area (Å²) in [6.07, 6.45) is -2.24. The van der Waals surface area contributed by atoms with Gasteiger partial charge in [0.2, 0.25) is 0 Å². The monoisotopic (exact) mass is 612 g/mol. The van der Waals surface area contributed by atoms with E-state index in [4.69, 9.17) is 14.8 Å². The lowest BCUT2D eigenvalue weighted by molar-refractivity contribution is -0.139. The topological polar surface area (TPSA) is 62.7 Å². The Bertz CT molecular complexity index is 1500. The first-order valence-corrected chi connectivity index (χ1v) is 15.5. The third-order valence-electron chi connectivity index (χ3n) is 7.34. The van der Waals surface area contributed by atoms with E-state index in [0.717, 1.165) is 59.1 Å². The third-order valence-corrected chi connectivity index (χ3v) is 9.69. The number of rotatable bonds is 10. The first-order valence-electron chi connectivity index (χ1n) is 13.7. The van der Waals surface area contributed by atoms with Crippen LogP contribution in [0, 0.1) is 6.92 Å². The van der Waals surface area contributed by atoms with Gasteiger partial charge >= 0.3 is 12.1 Å². The number of ether oxygens (including phenoxy) is 1. The van der Waals surface area contributed by atoms with Gasteiger partial charge in [-0.2, -0.15) is 13.2 Å². The molecule has 1 N–H and O–H groups in total. The molecule has 10 heteroatoms. The van der Waals surface area contributed by atoms with Crippen molar-refractivity contribution >= 4 is 29.1 Å². The smallest absolute Gasteiger partial charge is 0.416 e. The van der Waals surface area contributed by atoms with Gasteiger partial charge < -0.3 is 9.84 Å². The summed E-state index contributed by atoms with van der Waals surface area (Å²) in [6.45, 7) is 4.08. The summed E-state index contributed by atoms with van der Waals surface area (Å²) in [7, 11) is 0.